The van der Waals surface area contributed by atoms with Crippen LogP contribution >= 0.6 is 15.4 Å². The van der Waals surface area contributed by atoms with Crippen LogP contribution in [-0.4, -0.2) is 80.1 Å². The molecule has 3 aliphatic heterocycles. The molecule has 244 valence electrons. The lowest BCUT2D eigenvalue weighted by molar-refractivity contribution is -0.385. The van der Waals surface area contributed by atoms with Crippen LogP contribution in [0.25, 0.3) is 5.76 Å². The predicted octanol–water partition coefficient (Wildman–Crippen LogP) is 2.95. The third-order valence-electron chi connectivity index (χ3n) is 6.72. The van der Waals surface area contributed by atoms with Gasteiger partial charge in [-0.1, -0.05) is 30.3 Å². The summed E-state index contributed by atoms with van der Waals surface area (Å²) < 4.78 is 50.4. The molecule has 1 fully saturated rings. The number of benzene rings is 2. The van der Waals surface area contributed by atoms with Gasteiger partial charge in [-0.3, -0.25) is 34.2 Å². The number of aliphatic carboxylic acids is 1. The van der Waals surface area contributed by atoms with Gasteiger partial charge in [-0.2, -0.15) is 0 Å². The number of carbonyl (C=O) groups excluding carboxylic acids is 2. The zero-order valence-electron chi connectivity index (χ0n) is 23.3. The maximum atomic E-state index is 13.1. The maximum Gasteiger partial charge on any atom is 0.479 e. The highest BCUT2D eigenvalue weighted by molar-refractivity contribution is 7.64. The maximum absolute atomic E-state index is 13.1. The lowest BCUT2D eigenvalue weighted by Crippen LogP contribution is -2.51. The number of para-hydroxylation sites is 1. The summed E-state index contributed by atoms with van der Waals surface area (Å²) in [6, 6.07) is 12.9. The minimum absolute atomic E-state index is 0.127. The van der Waals surface area contributed by atoms with Crippen LogP contribution in [0.15, 0.2) is 72.4 Å². The molecule has 20 heteroatoms. The Hall–Kier alpha value is -4.41. The number of phosphoric ester groups is 1. The van der Waals surface area contributed by atoms with E-state index in [9.17, 15) is 43.4 Å². The molecule has 0 aromatic heterocycles. The number of fused-ring (bicyclic) bond motifs is 1. The molecule has 0 aliphatic carbocycles. The number of esters is 1. The predicted molar refractivity (Wildman–Crippen MR) is 153 cm³/mol. The van der Waals surface area contributed by atoms with Gasteiger partial charge in [0, 0.05) is 24.3 Å². The molecule has 3 heterocycles. The van der Waals surface area contributed by atoms with Crippen molar-refractivity contribution in [1.29, 1.82) is 0 Å². The number of carboxylic acids is 1. The Morgan fingerprint density at radius 1 is 1.11 bits per heavy atom. The van der Waals surface area contributed by atoms with Gasteiger partial charge in [-0.15, -0.1) is 0 Å². The van der Waals surface area contributed by atoms with Crippen LogP contribution in [0.1, 0.15) is 22.3 Å². The standard InChI is InChI=1S/C26H25N3O15P2/c30-23(31)14-45(36,37)44-46(38,39)40-13-21-20(43-25(32)15-6-2-1-3-7-15)11-22(41-21)28-12-16-10-19(42-24(16)27-26(28)33)17-8-4-5-9-18(17)29(34)35/h1-10,12,20-22,24H,11,13-14H2,(H,27,33)(H,30,31)(H,36,37)(H,38,39)/t20?,21-,22-,24?/m1/s1. The van der Waals surface area contributed by atoms with Gasteiger partial charge in [0.1, 0.15) is 30.4 Å². The van der Waals surface area contributed by atoms with E-state index in [0.29, 0.717) is 5.57 Å². The largest absolute Gasteiger partial charge is 0.481 e. The van der Waals surface area contributed by atoms with Crippen molar-refractivity contribution in [3.05, 3.63) is 93.7 Å². The first-order valence-corrected chi connectivity index (χ1v) is 16.5. The second kappa shape index (κ2) is 13.1. The van der Waals surface area contributed by atoms with E-state index < -0.39 is 75.7 Å². The number of nitrogens with zero attached hydrogens (tertiary/aromatic N) is 2. The average molecular weight is 681 g/mol. The molecule has 18 nitrogen and oxygen atoms in total. The van der Waals surface area contributed by atoms with E-state index in [1.54, 1.807) is 24.3 Å². The van der Waals surface area contributed by atoms with Crippen LogP contribution in [0, 0.1) is 10.1 Å². The van der Waals surface area contributed by atoms with Gasteiger partial charge in [0.15, 0.2) is 0 Å². The molecular formula is C26H25N3O15P2. The molecule has 2 aromatic rings. The van der Waals surface area contributed by atoms with Crippen LogP contribution in [0.2, 0.25) is 0 Å². The third-order valence-corrected chi connectivity index (χ3v) is 9.71. The fourth-order valence-electron chi connectivity index (χ4n) is 4.75. The van der Waals surface area contributed by atoms with Crippen molar-refractivity contribution in [2.45, 2.75) is 31.1 Å². The number of urea groups is 1. The Labute approximate surface area is 259 Å². The number of hydrogen-bond acceptors (Lipinski definition) is 12. The van der Waals surface area contributed by atoms with Gasteiger partial charge in [-0.25, -0.2) is 18.5 Å². The molecule has 0 bridgehead atoms. The van der Waals surface area contributed by atoms with Crippen LogP contribution in [0.3, 0.4) is 0 Å². The summed E-state index contributed by atoms with van der Waals surface area (Å²) in [6.07, 6.45) is -3.46. The summed E-state index contributed by atoms with van der Waals surface area (Å²) in [5, 5.41) is 22.8. The number of hydrogen-bond donors (Lipinski definition) is 4. The fraction of sp³-hybridized carbons (Fsp3) is 0.269. The van der Waals surface area contributed by atoms with Crippen molar-refractivity contribution in [2.24, 2.45) is 0 Å². The molecule has 6 atom stereocenters. The van der Waals surface area contributed by atoms with Gasteiger partial charge >= 0.3 is 33.4 Å². The van der Waals surface area contributed by atoms with Crippen LogP contribution < -0.4 is 5.32 Å². The molecular weight excluding hydrogens is 656 g/mol. The molecule has 0 spiro atoms. The van der Waals surface area contributed by atoms with Crippen LogP contribution in [0.4, 0.5) is 10.5 Å². The van der Waals surface area contributed by atoms with Gasteiger partial charge < -0.3 is 29.1 Å². The number of carboxylic acid groups (broad SMARTS) is 1. The van der Waals surface area contributed by atoms with Crippen LogP contribution in [-0.2, 0) is 37.0 Å². The van der Waals surface area contributed by atoms with Crippen molar-refractivity contribution in [2.75, 3.05) is 12.8 Å². The smallest absolute Gasteiger partial charge is 0.479 e. The highest BCUT2D eigenvalue weighted by Crippen LogP contribution is 2.59. The topological polar surface area (TPSA) is 251 Å². The Kier molecular flexibility index (Phi) is 9.42. The highest BCUT2D eigenvalue weighted by atomic mass is 31.3. The minimum Gasteiger partial charge on any atom is -0.481 e. The summed E-state index contributed by atoms with van der Waals surface area (Å²) in [6.45, 7) is -0.858. The second-order valence-corrected chi connectivity index (χ2v) is 13.4. The SMILES string of the molecule is O=C(O)CP(=O)(O)OP(=O)(O)OC[C@H]1O[C@@H](N2C=C3C=C(c4ccccc4[N+](=O)[O-])OC3NC2=O)CC1OC(=O)c1ccccc1. The van der Waals surface area contributed by atoms with E-state index in [0.717, 1.165) is 4.90 Å². The van der Waals surface area contributed by atoms with Crippen molar-refractivity contribution < 1.29 is 66.4 Å². The molecule has 1 saturated heterocycles. The Morgan fingerprint density at radius 2 is 1.80 bits per heavy atom. The summed E-state index contributed by atoms with van der Waals surface area (Å²) >= 11 is 0. The summed E-state index contributed by atoms with van der Waals surface area (Å²) in [5.74, 6) is -2.44. The van der Waals surface area contributed by atoms with Gasteiger partial charge in [-0.05, 0) is 24.3 Å². The Bertz CT molecular complexity index is 1710. The first-order chi connectivity index (χ1) is 21.7. The summed E-state index contributed by atoms with van der Waals surface area (Å²) in [4.78, 5) is 68.3. The molecule has 5 rings (SSSR count). The average Bonchev–Trinajstić information content (AvgIpc) is 3.58. The van der Waals surface area contributed by atoms with Crippen molar-refractivity contribution >= 4 is 44.8 Å². The molecule has 3 aliphatic rings. The zero-order valence-corrected chi connectivity index (χ0v) is 25.1. The minimum atomic E-state index is -5.34. The first-order valence-electron chi connectivity index (χ1n) is 13.3. The number of nitrogens with one attached hydrogen (secondary N) is 1. The van der Waals surface area contributed by atoms with Gasteiger partial charge in [0.05, 0.1) is 22.7 Å². The van der Waals surface area contributed by atoms with Gasteiger partial charge in [0.2, 0.25) is 6.23 Å². The number of rotatable bonds is 12. The number of ether oxygens (including phenoxy) is 3. The first kappa shape index (κ1) is 33.0. The molecule has 4 N–H and O–H groups in total. The van der Waals surface area contributed by atoms with E-state index in [1.165, 1.54) is 42.6 Å². The lowest BCUT2D eigenvalue weighted by Gasteiger charge is -2.31. The van der Waals surface area contributed by atoms with E-state index in [2.05, 4.69) is 9.63 Å². The number of nitro benzene ring substituents is 1. The normalized spacial score (nSPS) is 24.7. The van der Waals surface area contributed by atoms with Gasteiger partial charge in [0.25, 0.3) is 5.69 Å². The third kappa shape index (κ3) is 7.68. The molecule has 2 amide bonds. The Balaban J connectivity index is 1.36. The van der Waals surface area contributed by atoms with E-state index in [1.807, 2.05) is 0 Å². The van der Waals surface area contributed by atoms with Crippen molar-refractivity contribution in [3.8, 4) is 0 Å². The number of amides is 2. The number of carbonyl (C=O) groups is 3. The number of nitro groups is 1. The van der Waals surface area contributed by atoms with Crippen molar-refractivity contribution in [1.82, 2.24) is 10.2 Å². The Morgan fingerprint density at radius 3 is 2.50 bits per heavy atom. The summed E-state index contributed by atoms with van der Waals surface area (Å²) in [5.41, 5.74) is 0.511. The van der Waals surface area contributed by atoms with Crippen molar-refractivity contribution in [3.63, 3.8) is 0 Å². The summed E-state index contributed by atoms with van der Waals surface area (Å²) in [7, 11) is -10.4. The second-order valence-electron chi connectivity index (χ2n) is 9.98. The molecule has 46 heavy (non-hydrogen) atoms. The number of phosphoric acid groups is 1. The molecule has 0 saturated carbocycles. The molecule has 0 radical (unpaired) electrons. The quantitative estimate of drug-likeness (QED) is 0.109. The van der Waals surface area contributed by atoms with E-state index in [4.69, 9.17) is 23.8 Å². The monoisotopic (exact) mass is 681 g/mol. The molecule has 4 unspecified atom stereocenters. The molecule has 2 aromatic carbocycles. The fourth-order valence-corrected chi connectivity index (χ4v) is 7.14. The van der Waals surface area contributed by atoms with E-state index >= 15 is 0 Å². The van der Waals surface area contributed by atoms with Crippen LogP contribution in [0.5, 0.6) is 0 Å². The highest BCUT2D eigenvalue weighted by Gasteiger charge is 2.46. The zero-order chi connectivity index (χ0) is 33.2. The van der Waals surface area contributed by atoms with E-state index in [-0.39, 0.29) is 29.0 Å². The lowest BCUT2D eigenvalue weighted by atomic mass is 10.1.